The van der Waals surface area contributed by atoms with Gasteiger partial charge in [0.1, 0.15) is 12.1 Å². The van der Waals surface area contributed by atoms with Gasteiger partial charge in [0.05, 0.1) is 13.7 Å². The number of aromatic amines is 1. The predicted molar refractivity (Wildman–Crippen MR) is 89.5 cm³/mol. The van der Waals surface area contributed by atoms with Gasteiger partial charge in [-0.05, 0) is 19.9 Å². The molecule has 1 aromatic heterocycles. The van der Waals surface area contributed by atoms with Gasteiger partial charge in [0, 0.05) is 11.8 Å². The van der Waals surface area contributed by atoms with Crippen LogP contribution in [0, 0.1) is 6.92 Å². The Hall–Kier alpha value is -2.04. The molecule has 11 nitrogen and oxygen atoms in total. The van der Waals surface area contributed by atoms with Gasteiger partial charge in [-0.25, -0.2) is 14.4 Å². The second-order valence-corrected chi connectivity index (χ2v) is 7.18. The minimum Gasteiger partial charge on any atom is -0.468 e. The molecule has 1 aromatic rings. The standard InChI is InChI=1S/C14H20N3O8P/c1-8-6-17(14(20)15-12(8)18)11-5-4-10(25-11)7-24-26(21,22)16-9(2)13(19)23-3/h4-6,9-11H,7H2,1-3H3,(H,15,18,20)(H2,16,21,22)/t9-,10+,11-/m1/s1. The summed E-state index contributed by atoms with van der Waals surface area (Å²) in [7, 11) is -3.11. The molecule has 0 radical (unpaired) electrons. The van der Waals surface area contributed by atoms with Crippen molar-refractivity contribution >= 4 is 13.7 Å². The molecule has 144 valence electrons. The van der Waals surface area contributed by atoms with E-state index in [2.05, 4.69) is 14.8 Å². The molecule has 0 saturated heterocycles. The van der Waals surface area contributed by atoms with Crippen molar-refractivity contribution in [2.24, 2.45) is 0 Å². The van der Waals surface area contributed by atoms with Crippen LogP contribution in [-0.4, -0.2) is 46.3 Å². The molecule has 12 heteroatoms. The van der Waals surface area contributed by atoms with Crippen LogP contribution in [0.3, 0.4) is 0 Å². The van der Waals surface area contributed by atoms with E-state index in [0.717, 1.165) is 7.11 Å². The smallest absolute Gasteiger partial charge is 0.403 e. The minimum atomic E-state index is -4.26. The van der Waals surface area contributed by atoms with E-state index in [1.807, 2.05) is 0 Å². The summed E-state index contributed by atoms with van der Waals surface area (Å²) in [6.45, 7) is 2.61. The number of nitrogens with zero attached hydrogens (tertiary/aromatic N) is 1. The fourth-order valence-electron chi connectivity index (χ4n) is 2.20. The van der Waals surface area contributed by atoms with Crippen LogP contribution >= 0.6 is 7.75 Å². The Kier molecular flexibility index (Phi) is 6.32. The predicted octanol–water partition coefficient (Wildman–Crippen LogP) is -0.433. The van der Waals surface area contributed by atoms with E-state index >= 15 is 0 Å². The van der Waals surface area contributed by atoms with Crippen molar-refractivity contribution in [2.75, 3.05) is 13.7 Å². The van der Waals surface area contributed by atoms with Gasteiger partial charge in [-0.1, -0.05) is 6.08 Å². The number of hydrogen-bond acceptors (Lipinski definition) is 7. The average Bonchev–Trinajstić information content (AvgIpc) is 3.04. The molecule has 1 aliphatic heterocycles. The number of methoxy groups -OCH3 is 1. The van der Waals surface area contributed by atoms with E-state index in [0.29, 0.717) is 5.56 Å². The monoisotopic (exact) mass is 389 g/mol. The first kappa shape index (κ1) is 20.3. The molecule has 0 amide bonds. The number of aromatic nitrogens is 2. The summed E-state index contributed by atoms with van der Waals surface area (Å²) >= 11 is 0. The van der Waals surface area contributed by atoms with Crippen LogP contribution in [0.4, 0.5) is 0 Å². The van der Waals surface area contributed by atoms with Crippen LogP contribution in [0.25, 0.3) is 0 Å². The molecule has 1 aliphatic rings. The van der Waals surface area contributed by atoms with Crippen molar-refractivity contribution in [2.45, 2.75) is 32.2 Å². The van der Waals surface area contributed by atoms with Crippen molar-refractivity contribution in [1.29, 1.82) is 0 Å². The highest BCUT2D eigenvalue weighted by atomic mass is 31.2. The topological polar surface area (TPSA) is 149 Å². The van der Waals surface area contributed by atoms with Crippen molar-refractivity contribution in [3.05, 3.63) is 44.8 Å². The maximum atomic E-state index is 11.9. The van der Waals surface area contributed by atoms with Crippen LogP contribution in [0.15, 0.2) is 27.9 Å². The summed E-state index contributed by atoms with van der Waals surface area (Å²) in [5.74, 6) is -0.715. The SMILES string of the molecule is COC(=O)[C@@H](C)NP(=O)(O)OC[C@@H]1C=C[C@H](n2cc(C)c(=O)[nH]c2=O)O1. The second-order valence-electron chi connectivity index (χ2n) is 5.62. The summed E-state index contributed by atoms with van der Waals surface area (Å²) in [6, 6.07) is -1.04. The fraction of sp³-hybridized carbons (Fsp3) is 0.500. The van der Waals surface area contributed by atoms with Crippen molar-refractivity contribution < 1.29 is 28.3 Å². The second kappa shape index (κ2) is 8.11. The third kappa shape index (κ3) is 4.99. The summed E-state index contributed by atoms with van der Waals surface area (Å²) in [6.07, 6.45) is 2.98. The Morgan fingerprint density at radius 3 is 2.85 bits per heavy atom. The number of carbonyl (C=O) groups excluding carboxylic acids is 1. The van der Waals surface area contributed by atoms with E-state index in [1.54, 1.807) is 19.1 Å². The van der Waals surface area contributed by atoms with Gasteiger partial charge < -0.3 is 14.4 Å². The number of ether oxygens (including phenoxy) is 2. The van der Waals surface area contributed by atoms with E-state index in [-0.39, 0.29) is 6.61 Å². The van der Waals surface area contributed by atoms with Crippen LogP contribution in [0.2, 0.25) is 0 Å². The quantitative estimate of drug-likeness (QED) is 0.321. The number of esters is 1. The van der Waals surface area contributed by atoms with E-state index < -0.39 is 43.3 Å². The average molecular weight is 389 g/mol. The third-order valence-electron chi connectivity index (χ3n) is 3.55. The first-order valence-electron chi connectivity index (χ1n) is 7.62. The first-order valence-corrected chi connectivity index (χ1v) is 9.19. The minimum absolute atomic E-state index is 0.293. The zero-order chi connectivity index (χ0) is 19.5. The van der Waals surface area contributed by atoms with Gasteiger partial charge in [-0.3, -0.25) is 23.7 Å². The van der Waals surface area contributed by atoms with Gasteiger partial charge in [0.2, 0.25) is 0 Å². The molecule has 0 fully saturated rings. The molecule has 3 N–H and O–H groups in total. The van der Waals surface area contributed by atoms with E-state index in [4.69, 9.17) is 9.26 Å². The summed E-state index contributed by atoms with van der Waals surface area (Å²) < 4.78 is 28.0. The molecule has 2 rings (SSSR count). The van der Waals surface area contributed by atoms with Crippen molar-refractivity contribution in [3.8, 4) is 0 Å². The molecule has 2 heterocycles. The van der Waals surface area contributed by atoms with Crippen LogP contribution in [-0.2, 0) is 23.4 Å². The Labute approximate surface area is 148 Å². The van der Waals surface area contributed by atoms with E-state index in [9.17, 15) is 23.8 Å². The molecular weight excluding hydrogens is 369 g/mol. The maximum Gasteiger partial charge on any atom is 0.403 e. The van der Waals surface area contributed by atoms with Crippen molar-refractivity contribution in [3.63, 3.8) is 0 Å². The van der Waals surface area contributed by atoms with Gasteiger partial charge in [0.15, 0.2) is 6.23 Å². The molecule has 0 bridgehead atoms. The molecule has 0 aliphatic carbocycles. The van der Waals surface area contributed by atoms with Gasteiger partial charge in [-0.2, -0.15) is 0 Å². The number of H-pyrrole nitrogens is 1. The summed E-state index contributed by atoms with van der Waals surface area (Å²) in [5, 5.41) is 2.14. The number of carbonyl (C=O) groups is 1. The number of hydrogen-bond donors (Lipinski definition) is 3. The Morgan fingerprint density at radius 1 is 1.50 bits per heavy atom. The zero-order valence-corrected chi connectivity index (χ0v) is 15.3. The van der Waals surface area contributed by atoms with Crippen molar-refractivity contribution in [1.82, 2.24) is 14.6 Å². The van der Waals surface area contributed by atoms with Crippen LogP contribution in [0.1, 0.15) is 18.7 Å². The Bertz CT molecular complexity index is 860. The highest BCUT2D eigenvalue weighted by Crippen LogP contribution is 2.38. The molecule has 1 unspecified atom stereocenters. The highest BCUT2D eigenvalue weighted by molar-refractivity contribution is 7.50. The Morgan fingerprint density at radius 2 is 2.19 bits per heavy atom. The molecular formula is C14H20N3O8P. The molecule has 0 spiro atoms. The largest absolute Gasteiger partial charge is 0.468 e. The lowest BCUT2D eigenvalue weighted by molar-refractivity contribution is -0.142. The van der Waals surface area contributed by atoms with Gasteiger partial charge in [0.25, 0.3) is 5.56 Å². The number of nitrogens with one attached hydrogen (secondary N) is 2. The molecule has 0 aromatic carbocycles. The first-order chi connectivity index (χ1) is 12.1. The molecule has 4 atom stereocenters. The number of aryl methyl sites for hydroxylation is 1. The van der Waals surface area contributed by atoms with Gasteiger partial charge in [-0.15, -0.1) is 0 Å². The Balaban J connectivity index is 1.94. The summed E-state index contributed by atoms with van der Waals surface area (Å²) in [5.41, 5.74) is -0.791. The highest BCUT2D eigenvalue weighted by Gasteiger charge is 2.29. The third-order valence-corrected chi connectivity index (χ3v) is 4.76. The lowest BCUT2D eigenvalue weighted by Crippen LogP contribution is -2.34. The molecule has 26 heavy (non-hydrogen) atoms. The summed E-state index contributed by atoms with van der Waals surface area (Å²) in [4.78, 5) is 46.4. The lowest BCUT2D eigenvalue weighted by Gasteiger charge is -2.20. The molecule has 0 saturated carbocycles. The fourth-order valence-corrected chi connectivity index (χ4v) is 3.22. The zero-order valence-electron chi connectivity index (χ0n) is 14.4. The number of rotatable bonds is 7. The maximum absolute atomic E-state index is 11.9. The van der Waals surface area contributed by atoms with E-state index in [1.165, 1.54) is 17.7 Å². The van der Waals surface area contributed by atoms with Crippen LogP contribution in [0.5, 0.6) is 0 Å². The normalized spacial score (nSPS) is 22.8. The van der Waals surface area contributed by atoms with Crippen LogP contribution < -0.4 is 16.3 Å². The van der Waals surface area contributed by atoms with Gasteiger partial charge >= 0.3 is 19.4 Å². The lowest BCUT2D eigenvalue weighted by atomic mass is 10.3.